The van der Waals surface area contributed by atoms with E-state index in [9.17, 15) is 9.59 Å². The van der Waals surface area contributed by atoms with Gasteiger partial charge < -0.3 is 21.4 Å². The minimum atomic E-state index is -0.919. The molecule has 1 unspecified atom stereocenters. The maximum atomic E-state index is 12.0. The summed E-state index contributed by atoms with van der Waals surface area (Å²) in [5.74, 6) is -0.399. The molecule has 5 heteroatoms. The molecule has 99 valence electrons. The van der Waals surface area contributed by atoms with E-state index in [2.05, 4.69) is 20.0 Å². The van der Waals surface area contributed by atoms with Gasteiger partial charge in [-0.25, -0.2) is 6.04 Å². The number of rotatable bonds is 3. The van der Waals surface area contributed by atoms with Crippen molar-refractivity contribution in [3.63, 3.8) is 0 Å². The van der Waals surface area contributed by atoms with Gasteiger partial charge in [0.15, 0.2) is 0 Å². The summed E-state index contributed by atoms with van der Waals surface area (Å²) in [6, 6.07) is 13.1. The molecule has 0 aromatic heterocycles. The van der Waals surface area contributed by atoms with Gasteiger partial charge in [-0.2, -0.15) is 0 Å². The number of hydrogen-bond acceptors (Lipinski definition) is 2. The van der Waals surface area contributed by atoms with Crippen LogP contribution in [0.1, 0.15) is 10.4 Å². The molecule has 1 radical (unpaired) electrons. The first kappa shape index (κ1) is 19.6. The normalized spacial score (nSPS) is 10.9. The number of fused-ring (bicyclic) bond motifs is 1. The van der Waals surface area contributed by atoms with Crippen LogP contribution in [-0.4, -0.2) is 23.1 Å². The van der Waals surface area contributed by atoms with Crippen LogP contribution in [0.2, 0.25) is 0 Å². The van der Waals surface area contributed by atoms with Crippen molar-refractivity contribution in [3.05, 3.63) is 62.0 Å². The summed E-state index contributed by atoms with van der Waals surface area (Å²) in [5.41, 5.74) is 0.354. The van der Waals surface area contributed by atoms with Gasteiger partial charge in [-0.1, -0.05) is 35.2 Å². The predicted molar refractivity (Wildman–Crippen MR) is 69.1 cm³/mol. The van der Waals surface area contributed by atoms with E-state index in [1.807, 2.05) is 24.3 Å². The fourth-order valence-corrected chi connectivity index (χ4v) is 1.61. The average molecular weight is 510 g/mol. The maximum absolute atomic E-state index is 12.0. The first-order valence-corrected chi connectivity index (χ1v) is 5.39. The van der Waals surface area contributed by atoms with Gasteiger partial charge in [0.2, 0.25) is 0 Å². The molecule has 3 nitrogen and oxygen atoms in total. The summed E-state index contributed by atoms with van der Waals surface area (Å²) in [7, 11) is 3.50. The smallest absolute Gasteiger partial charge is 0.578 e. The molecule has 0 aliphatic heterocycles. The van der Waals surface area contributed by atoms with Gasteiger partial charge in [-0.05, 0) is 0 Å². The molecule has 0 fully saturated rings. The Labute approximate surface area is 158 Å². The van der Waals surface area contributed by atoms with Crippen LogP contribution < -0.4 is 0 Å². The predicted octanol–water partition coefficient (Wildman–Crippen LogP) is 2.18. The van der Waals surface area contributed by atoms with Crippen molar-refractivity contribution in [2.24, 2.45) is 0 Å². The Kier molecular flexibility index (Phi) is 8.65. The second-order valence-corrected chi connectivity index (χ2v) is 3.88. The summed E-state index contributed by atoms with van der Waals surface area (Å²) in [4.78, 5) is 23.5. The minimum Gasteiger partial charge on any atom is -0.578 e. The van der Waals surface area contributed by atoms with Crippen molar-refractivity contribution >= 4 is 23.0 Å². The second kappa shape index (κ2) is 8.82. The topological polar surface area (TPSA) is 37.4 Å². The van der Waals surface area contributed by atoms with Gasteiger partial charge in [0.1, 0.15) is 5.91 Å². The van der Waals surface area contributed by atoms with Crippen LogP contribution in [0.4, 0.5) is 0 Å². The van der Waals surface area contributed by atoms with E-state index >= 15 is 0 Å². The molecule has 0 aliphatic carbocycles. The second-order valence-electron chi connectivity index (χ2n) is 3.88. The molecule has 0 saturated carbocycles. The van der Waals surface area contributed by atoms with Gasteiger partial charge in [-0.15, -0.1) is 23.6 Å². The van der Waals surface area contributed by atoms with Crippen molar-refractivity contribution in [1.82, 2.24) is 4.90 Å². The van der Waals surface area contributed by atoms with E-state index in [0.29, 0.717) is 5.56 Å². The summed E-state index contributed by atoms with van der Waals surface area (Å²) in [6.07, 6.45) is 1.62. The van der Waals surface area contributed by atoms with Crippen LogP contribution in [0.15, 0.2) is 36.4 Å². The first-order valence-electron chi connectivity index (χ1n) is 5.39. The minimum absolute atomic E-state index is 0. The zero-order valence-electron chi connectivity index (χ0n) is 10.7. The van der Waals surface area contributed by atoms with E-state index in [1.54, 1.807) is 18.4 Å². The molecule has 1 atom stereocenters. The van der Waals surface area contributed by atoms with Crippen LogP contribution in [-0.2, 0) is 58.6 Å². The molecule has 2 aromatic rings. The molecule has 1 amide bonds. The van der Waals surface area contributed by atoms with Crippen LogP contribution >= 0.6 is 0 Å². The average Bonchev–Trinajstić information content (AvgIpc) is 2.44. The first-order chi connectivity index (χ1) is 8.63. The van der Waals surface area contributed by atoms with E-state index in [1.165, 1.54) is 0 Å². The summed E-state index contributed by atoms with van der Waals surface area (Å²) < 4.78 is 0. The van der Waals surface area contributed by atoms with E-state index in [0.717, 1.165) is 15.7 Å². The molecular weight excluding hydrogens is 499 g/mol. The number of carbonyl (C=O) groups excluding carboxylic acids is 2. The van der Waals surface area contributed by atoms with E-state index < -0.39 is 11.9 Å². The fourth-order valence-electron chi connectivity index (χ4n) is 1.61. The van der Waals surface area contributed by atoms with Gasteiger partial charge >= 0.3 is 21.1 Å². The molecule has 0 N–H and O–H groups in total. The summed E-state index contributed by atoms with van der Waals surface area (Å²) in [5, 5.41) is 1.93. The van der Waals surface area contributed by atoms with Crippen LogP contribution in [0.3, 0.4) is 0 Å². The van der Waals surface area contributed by atoms with Crippen molar-refractivity contribution in [3.8, 4) is 0 Å². The zero-order chi connectivity index (χ0) is 13.1. The molecule has 0 aliphatic rings. The standard InChI is InChI=1S/C15H11NO2.W.Y/c1-11(10-17)16(2)15(18)14-8-7-12-5-3-4-6-13(12)9-14;;/h3-7,9,11H,1-2H2;;/q-4;+2;. The Morgan fingerprint density at radius 1 is 1.30 bits per heavy atom. The van der Waals surface area contributed by atoms with Gasteiger partial charge in [-0.3, -0.25) is 13.3 Å². The molecule has 20 heavy (non-hydrogen) atoms. The number of nitrogens with zero attached hydrogens (tertiary/aromatic N) is 1. The molecule has 2 rings (SSSR count). The number of hydrogen-bond donors (Lipinski definition) is 0. The molecule has 0 heterocycles. The third-order valence-corrected chi connectivity index (χ3v) is 2.68. The number of benzene rings is 2. The Morgan fingerprint density at radius 2 is 1.90 bits per heavy atom. The van der Waals surface area contributed by atoms with E-state index in [-0.39, 0.29) is 53.8 Å². The van der Waals surface area contributed by atoms with E-state index in [4.69, 9.17) is 0 Å². The largest absolute Gasteiger partial charge is 2.00 e. The summed E-state index contributed by atoms with van der Waals surface area (Å²) in [6.45, 7) is 3.47. The monoisotopic (exact) mass is 510 g/mol. The van der Waals surface area contributed by atoms with Crippen molar-refractivity contribution in [1.29, 1.82) is 0 Å². The molecule has 2 aromatic carbocycles. The van der Waals surface area contributed by atoms with Crippen molar-refractivity contribution in [2.75, 3.05) is 0 Å². The quantitative estimate of drug-likeness (QED) is 0.595. The van der Waals surface area contributed by atoms with Gasteiger partial charge in [0.25, 0.3) is 0 Å². The van der Waals surface area contributed by atoms with Crippen LogP contribution in [0, 0.1) is 20.0 Å². The Balaban J connectivity index is 0.00000180. The van der Waals surface area contributed by atoms with Crippen LogP contribution in [0.25, 0.3) is 10.8 Å². The molecular formula is C15H11NO2WY-2. The van der Waals surface area contributed by atoms with Gasteiger partial charge in [0, 0.05) is 32.7 Å². The Hall–Kier alpha value is -0.368. The Bertz CT molecular complexity index is 603. The number of carbonyl (C=O) groups is 1. The summed E-state index contributed by atoms with van der Waals surface area (Å²) >= 11 is 0. The maximum Gasteiger partial charge on any atom is 2.00 e. The van der Waals surface area contributed by atoms with Crippen molar-refractivity contribution in [2.45, 2.75) is 6.04 Å². The third-order valence-electron chi connectivity index (χ3n) is 2.68. The van der Waals surface area contributed by atoms with Crippen LogP contribution in [0.5, 0.6) is 0 Å². The zero-order valence-corrected chi connectivity index (χ0v) is 16.5. The number of amides is 1. The SMILES string of the molecule is [CH2-]C([C-]=O)N([CH2-])C(=O)c1[c-]cc2ccccc2c1.[W+2].[Y]. The fraction of sp³-hybridized carbons (Fsp3) is 0.0667. The molecule has 0 bridgehead atoms. The van der Waals surface area contributed by atoms with Gasteiger partial charge in [0.05, 0.1) is 0 Å². The van der Waals surface area contributed by atoms with Crippen molar-refractivity contribution < 1.29 is 63.4 Å². The third kappa shape index (κ3) is 4.31. The molecule has 0 spiro atoms. The Morgan fingerprint density at radius 3 is 2.50 bits per heavy atom. The molecule has 0 saturated heterocycles.